The number of hydrogen-bond acceptors (Lipinski definition) is 5. The Balaban J connectivity index is 1.42. The Morgan fingerprint density at radius 3 is 2.59 bits per heavy atom. The van der Waals surface area contributed by atoms with Crippen LogP contribution in [0.3, 0.4) is 0 Å². The summed E-state index contributed by atoms with van der Waals surface area (Å²) in [4.78, 5) is 20.9. The van der Waals surface area contributed by atoms with Gasteiger partial charge in [0.15, 0.2) is 5.82 Å². The first-order valence-electron chi connectivity index (χ1n) is 9.23. The Morgan fingerprint density at radius 1 is 0.897 bits per heavy atom. The van der Waals surface area contributed by atoms with E-state index >= 15 is 0 Å². The summed E-state index contributed by atoms with van der Waals surface area (Å²) in [6.45, 7) is 1.19. The summed E-state index contributed by atoms with van der Waals surface area (Å²) in [6.07, 6.45) is 8.86. The molecule has 2 N–H and O–H groups in total. The molecule has 0 fully saturated rings. The minimum absolute atomic E-state index is 0.214. The normalized spacial score (nSPS) is 10.5. The van der Waals surface area contributed by atoms with Crippen molar-refractivity contribution in [2.75, 3.05) is 10.6 Å². The standard InChI is InChI=1S/C22H20N6O/c29-22(26-21-9-13-28(27-21)16-17-7-11-23-12-8-17)19-5-1-2-6-20(19)25-15-18-4-3-10-24-14-18/h1-14,25H,15-16H2,(H,26,27,29). The summed E-state index contributed by atoms with van der Waals surface area (Å²) >= 11 is 0. The third-order valence-electron chi connectivity index (χ3n) is 4.35. The van der Waals surface area contributed by atoms with Crippen molar-refractivity contribution in [3.05, 3.63) is 102 Å². The molecule has 4 rings (SSSR count). The Hall–Kier alpha value is -4.00. The number of benzene rings is 1. The van der Waals surface area contributed by atoms with E-state index < -0.39 is 0 Å². The van der Waals surface area contributed by atoms with Gasteiger partial charge in [-0.2, -0.15) is 5.10 Å². The summed E-state index contributed by atoms with van der Waals surface area (Å²) in [5, 5.41) is 10.6. The lowest BCUT2D eigenvalue weighted by molar-refractivity contribution is 0.102. The third kappa shape index (κ3) is 4.84. The Kier molecular flexibility index (Phi) is 5.57. The molecule has 7 heteroatoms. The SMILES string of the molecule is O=C(Nc1ccn(Cc2ccncc2)n1)c1ccccc1NCc1cccnc1. The first kappa shape index (κ1) is 18.4. The van der Waals surface area contributed by atoms with Gasteiger partial charge in [-0.15, -0.1) is 0 Å². The smallest absolute Gasteiger partial charge is 0.258 e. The van der Waals surface area contributed by atoms with Gasteiger partial charge in [-0.25, -0.2) is 0 Å². The highest BCUT2D eigenvalue weighted by molar-refractivity contribution is 6.07. The monoisotopic (exact) mass is 384 g/mol. The van der Waals surface area contributed by atoms with Crippen LogP contribution in [0.15, 0.2) is 85.6 Å². The lowest BCUT2D eigenvalue weighted by atomic mass is 10.1. The number of para-hydroxylation sites is 1. The highest BCUT2D eigenvalue weighted by Crippen LogP contribution is 2.18. The van der Waals surface area contributed by atoms with Crippen LogP contribution in [0.25, 0.3) is 0 Å². The van der Waals surface area contributed by atoms with Gasteiger partial charge < -0.3 is 10.6 Å². The van der Waals surface area contributed by atoms with Crippen molar-refractivity contribution in [2.24, 2.45) is 0 Å². The van der Waals surface area contributed by atoms with E-state index in [1.165, 1.54) is 0 Å². The van der Waals surface area contributed by atoms with Crippen molar-refractivity contribution in [3.8, 4) is 0 Å². The Bertz CT molecular complexity index is 1080. The van der Waals surface area contributed by atoms with E-state index in [1.54, 1.807) is 41.6 Å². The fourth-order valence-corrected chi connectivity index (χ4v) is 2.91. The van der Waals surface area contributed by atoms with E-state index in [-0.39, 0.29) is 5.91 Å². The lowest BCUT2D eigenvalue weighted by Gasteiger charge is -2.11. The van der Waals surface area contributed by atoms with Crippen LogP contribution in [-0.2, 0) is 13.1 Å². The van der Waals surface area contributed by atoms with Crippen molar-refractivity contribution in [1.29, 1.82) is 0 Å². The number of aromatic nitrogens is 4. The first-order valence-corrected chi connectivity index (χ1v) is 9.23. The minimum Gasteiger partial charge on any atom is -0.380 e. The number of carbonyl (C=O) groups excluding carboxylic acids is 1. The second-order valence-corrected chi connectivity index (χ2v) is 6.47. The van der Waals surface area contributed by atoms with Gasteiger partial charge in [0.25, 0.3) is 5.91 Å². The molecule has 0 saturated heterocycles. The molecule has 0 saturated carbocycles. The van der Waals surface area contributed by atoms with Crippen LogP contribution < -0.4 is 10.6 Å². The summed E-state index contributed by atoms with van der Waals surface area (Å²) < 4.78 is 1.78. The van der Waals surface area contributed by atoms with E-state index in [1.807, 2.05) is 48.7 Å². The van der Waals surface area contributed by atoms with Gasteiger partial charge in [0.2, 0.25) is 0 Å². The molecule has 4 aromatic rings. The maximum Gasteiger partial charge on any atom is 0.258 e. The molecule has 1 amide bonds. The second-order valence-electron chi connectivity index (χ2n) is 6.47. The zero-order chi connectivity index (χ0) is 19.9. The van der Waals surface area contributed by atoms with Crippen molar-refractivity contribution in [1.82, 2.24) is 19.7 Å². The number of anilines is 2. The number of nitrogens with one attached hydrogen (secondary N) is 2. The quantitative estimate of drug-likeness (QED) is 0.509. The molecule has 3 heterocycles. The topological polar surface area (TPSA) is 84.7 Å². The highest BCUT2D eigenvalue weighted by atomic mass is 16.1. The molecule has 7 nitrogen and oxygen atoms in total. The predicted molar refractivity (Wildman–Crippen MR) is 112 cm³/mol. The zero-order valence-corrected chi connectivity index (χ0v) is 15.7. The number of nitrogens with zero attached hydrogens (tertiary/aromatic N) is 4. The summed E-state index contributed by atoms with van der Waals surface area (Å²) in [6, 6.07) is 16.9. The van der Waals surface area contributed by atoms with Crippen molar-refractivity contribution in [2.45, 2.75) is 13.1 Å². The molecule has 0 aliphatic carbocycles. The van der Waals surface area contributed by atoms with Crippen LogP contribution in [-0.4, -0.2) is 25.7 Å². The van der Waals surface area contributed by atoms with E-state index in [0.29, 0.717) is 24.5 Å². The number of pyridine rings is 2. The van der Waals surface area contributed by atoms with Gasteiger partial charge >= 0.3 is 0 Å². The average Bonchev–Trinajstić information content (AvgIpc) is 3.20. The molecule has 144 valence electrons. The molecule has 0 aliphatic rings. The number of rotatable bonds is 7. The van der Waals surface area contributed by atoms with E-state index in [2.05, 4.69) is 25.7 Å². The zero-order valence-electron chi connectivity index (χ0n) is 15.7. The van der Waals surface area contributed by atoms with Crippen LogP contribution in [0, 0.1) is 0 Å². The molecule has 3 aromatic heterocycles. The second kappa shape index (κ2) is 8.79. The van der Waals surface area contributed by atoms with Gasteiger partial charge in [0, 0.05) is 49.3 Å². The van der Waals surface area contributed by atoms with Gasteiger partial charge in [0.1, 0.15) is 0 Å². The van der Waals surface area contributed by atoms with E-state index in [4.69, 9.17) is 0 Å². The summed E-state index contributed by atoms with van der Waals surface area (Å²) in [7, 11) is 0. The first-order chi connectivity index (χ1) is 14.3. The molecule has 0 radical (unpaired) electrons. The van der Waals surface area contributed by atoms with Crippen LogP contribution in [0.1, 0.15) is 21.5 Å². The number of hydrogen-bond donors (Lipinski definition) is 2. The Morgan fingerprint density at radius 2 is 1.76 bits per heavy atom. The average molecular weight is 384 g/mol. The number of amides is 1. The number of carbonyl (C=O) groups is 1. The molecule has 0 unspecified atom stereocenters. The Labute approximate surface area is 168 Å². The molecular weight excluding hydrogens is 364 g/mol. The molecule has 29 heavy (non-hydrogen) atoms. The predicted octanol–water partition coefficient (Wildman–Crippen LogP) is 3.59. The molecule has 1 aromatic carbocycles. The summed E-state index contributed by atoms with van der Waals surface area (Å²) in [5.41, 5.74) is 3.44. The highest BCUT2D eigenvalue weighted by Gasteiger charge is 2.12. The van der Waals surface area contributed by atoms with Gasteiger partial charge in [-0.3, -0.25) is 19.4 Å². The van der Waals surface area contributed by atoms with Gasteiger partial charge in [-0.05, 0) is 41.5 Å². The molecule has 0 spiro atoms. The maximum absolute atomic E-state index is 12.8. The molecule has 0 aliphatic heterocycles. The summed E-state index contributed by atoms with van der Waals surface area (Å²) in [5.74, 6) is 0.291. The minimum atomic E-state index is -0.214. The third-order valence-corrected chi connectivity index (χ3v) is 4.35. The van der Waals surface area contributed by atoms with Crippen molar-refractivity contribution < 1.29 is 4.79 Å². The molecule has 0 atom stereocenters. The maximum atomic E-state index is 12.8. The van der Waals surface area contributed by atoms with Crippen LogP contribution in [0.2, 0.25) is 0 Å². The van der Waals surface area contributed by atoms with E-state index in [9.17, 15) is 4.79 Å². The van der Waals surface area contributed by atoms with Crippen LogP contribution in [0.5, 0.6) is 0 Å². The van der Waals surface area contributed by atoms with Crippen LogP contribution in [0.4, 0.5) is 11.5 Å². The van der Waals surface area contributed by atoms with Crippen molar-refractivity contribution >= 4 is 17.4 Å². The van der Waals surface area contributed by atoms with E-state index in [0.717, 1.165) is 16.8 Å². The fourth-order valence-electron chi connectivity index (χ4n) is 2.91. The molecule has 0 bridgehead atoms. The van der Waals surface area contributed by atoms with Crippen LogP contribution >= 0.6 is 0 Å². The van der Waals surface area contributed by atoms with Gasteiger partial charge in [-0.1, -0.05) is 18.2 Å². The fraction of sp³-hybridized carbons (Fsp3) is 0.0909. The van der Waals surface area contributed by atoms with Crippen molar-refractivity contribution in [3.63, 3.8) is 0 Å². The molecular formula is C22H20N6O. The van der Waals surface area contributed by atoms with Gasteiger partial charge in [0.05, 0.1) is 12.1 Å². The largest absolute Gasteiger partial charge is 0.380 e. The lowest BCUT2D eigenvalue weighted by Crippen LogP contribution is -2.15.